The van der Waals surface area contributed by atoms with Gasteiger partial charge in [-0.2, -0.15) is 0 Å². The van der Waals surface area contributed by atoms with Crippen molar-refractivity contribution in [2.45, 2.75) is 26.1 Å². The Morgan fingerprint density at radius 3 is 2.47 bits per heavy atom. The molecule has 0 fully saturated rings. The second kappa shape index (κ2) is 7.99. The average Bonchev–Trinajstić information content (AvgIpc) is 2.31. The first-order valence-corrected chi connectivity index (χ1v) is 5.24. The van der Waals surface area contributed by atoms with Crippen LogP contribution in [0.5, 0.6) is 0 Å². The number of hydrogen-bond acceptors (Lipinski definition) is 6. The Hall–Kier alpha value is -1.18. The molecular weight excluding hydrogens is 230 g/mol. The molecule has 0 aromatic rings. The van der Waals surface area contributed by atoms with Crippen molar-refractivity contribution in [3.63, 3.8) is 0 Å². The van der Waals surface area contributed by atoms with Gasteiger partial charge in [0, 0.05) is 18.1 Å². The van der Waals surface area contributed by atoms with Gasteiger partial charge in [0.2, 0.25) is 6.61 Å². The Morgan fingerprint density at radius 1 is 1.41 bits per heavy atom. The first kappa shape index (κ1) is 15.8. The van der Waals surface area contributed by atoms with Crippen molar-refractivity contribution in [3.8, 4) is 0 Å². The first-order chi connectivity index (χ1) is 7.90. The maximum Gasteiger partial charge on any atom is 0.344 e. The van der Waals surface area contributed by atoms with Crippen molar-refractivity contribution in [1.82, 2.24) is 0 Å². The highest BCUT2D eigenvalue weighted by Gasteiger charge is 2.25. The minimum Gasteiger partial charge on any atom is -0.479 e. The van der Waals surface area contributed by atoms with E-state index >= 15 is 0 Å². The van der Waals surface area contributed by atoms with Gasteiger partial charge in [-0.3, -0.25) is 0 Å². The molecule has 4 N–H and O–H groups in total. The van der Waals surface area contributed by atoms with Crippen molar-refractivity contribution in [3.05, 3.63) is 0 Å². The lowest BCUT2D eigenvalue weighted by molar-refractivity contribution is -0.142. The molecule has 0 aromatic carbocycles. The summed E-state index contributed by atoms with van der Waals surface area (Å²) < 4.78 is 0. The summed E-state index contributed by atoms with van der Waals surface area (Å²) in [6.45, 7) is 2.25. The van der Waals surface area contributed by atoms with E-state index < -0.39 is 43.2 Å². The molecule has 100 valence electrons. The van der Waals surface area contributed by atoms with Crippen LogP contribution >= 0.6 is 0 Å². The van der Waals surface area contributed by atoms with Crippen LogP contribution in [0, 0.1) is 11.8 Å². The highest BCUT2D eigenvalue weighted by molar-refractivity contribution is 5.68. The van der Waals surface area contributed by atoms with Gasteiger partial charge in [0.25, 0.3) is 0 Å². The number of carboxylic acid groups (broad SMARTS) is 1. The summed E-state index contributed by atoms with van der Waals surface area (Å²) in [5, 5.41) is 39.5. The molecule has 0 amide bonds. The number of aliphatic hydroxyl groups excluding tert-OH is 3. The number of aliphatic hydroxyl groups is 3. The molecule has 0 radical (unpaired) electrons. The number of carbonyl (C=O) groups is 1. The molecule has 0 saturated heterocycles. The smallest absolute Gasteiger partial charge is 0.344 e. The van der Waals surface area contributed by atoms with Crippen LogP contribution in [-0.4, -0.2) is 58.0 Å². The van der Waals surface area contributed by atoms with Gasteiger partial charge in [-0.05, 0) is 0 Å². The van der Waals surface area contributed by atoms with Crippen LogP contribution in [0.2, 0.25) is 0 Å². The van der Waals surface area contributed by atoms with Crippen LogP contribution in [0.25, 0.3) is 0 Å². The van der Waals surface area contributed by atoms with E-state index in [4.69, 9.17) is 10.2 Å². The molecule has 0 aromatic heterocycles. The van der Waals surface area contributed by atoms with Gasteiger partial charge < -0.3 is 25.3 Å². The number of carboxylic acids is 1. The molecule has 7 heteroatoms. The first-order valence-electron chi connectivity index (χ1n) is 5.24. The fourth-order valence-corrected chi connectivity index (χ4v) is 1.19. The zero-order valence-electron chi connectivity index (χ0n) is 9.85. The van der Waals surface area contributed by atoms with Gasteiger partial charge in [0.1, 0.15) is 0 Å². The van der Waals surface area contributed by atoms with E-state index in [-0.39, 0.29) is 0 Å². The molecule has 0 spiro atoms. The van der Waals surface area contributed by atoms with Gasteiger partial charge in [0.15, 0.2) is 0 Å². The van der Waals surface area contributed by atoms with E-state index in [9.17, 15) is 15.0 Å². The van der Waals surface area contributed by atoms with Gasteiger partial charge in [-0.15, -0.1) is 0 Å². The Labute approximate surface area is 99.3 Å². The standard InChI is InChI=1S/C10H19NO6/c1-6(3-11-17-5-9(14)15)10(16)7(2)8(13)4-12/h3,6-8,10,12-13,16H,4-5H2,1-2H3,(H,14,15). The summed E-state index contributed by atoms with van der Waals surface area (Å²) in [5.74, 6) is -2.10. The maximum absolute atomic E-state index is 10.1. The Bertz CT molecular complexity index is 257. The van der Waals surface area contributed by atoms with E-state index in [0.717, 1.165) is 0 Å². The van der Waals surface area contributed by atoms with Gasteiger partial charge in [-0.1, -0.05) is 19.0 Å². The quantitative estimate of drug-likeness (QED) is 0.325. The van der Waals surface area contributed by atoms with Crippen molar-refractivity contribution in [2.75, 3.05) is 13.2 Å². The number of rotatable bonds is 8. The highest BCUT2D eigenvalue weighted by atomic mass is 16.6. The lowest BCUT2D eigenvalue weighted by atomic mass is 9.90. The average molecular weight is 249 g/mol. The highest BCUT2D eigenvalue weighted by Crippen LogP contribution is 2.15. The van der Waals surface area contributed by atoms with Crippen molar-refractivity contribution >= 4 is 12.2 Å². The molecule has 0 aliphatic heterocycles. The number of oxime groups is 1. The molecule has 7 nitrogen and oxygen atoms in total. The van der Waals surface area contributed by atoms with Crippen LogP contribution < -0.4 is 0 Å². The Balaban J connectivity index is 4.12. The van der Waals surface area contributed by atoms with Crippen molar-refractivity contribution in [1.29, 1.82) is 0 Å². The minimum atomic E-state index is -1.14. The van der Waals surface area contributed by atoms with E-state index in [1.807, 2.05) is 0 Å². The third-order valence-electron chi connectivity index (χ3n) is 2.43. The molecule has 0 aliphatic rings. The lowest BCUT2D eigenvalue weighted by Gasteiger charge is -2.25. The van der Waals surface area contributed by atoms with E-state index in [0.29, 0.717) is 0 Å². The number of hydrogen-bond donors (Lipinski definition) is 4. The Kier molecular flexibility index (Phi) is 7.44. The molecule has 0 bridgehead atoms. The van der Waals surface area contributed by atoms with Crippen LogP contribution in [0.1, 0.15) is 13.8 Å². The zero-order chi connectivity index (χ0) is 13.4. The van der Waals surface area contributed by atoms with Gasteiger partial charge in [-0.25, -0.2) is 4.79 Å². The topological polar surface area (TPSA) is 120 Å². The third-order valence-corrected chi connectivity index (χ3v) is 2.43. The summed E-state index contributed by atoms with van der Waals surface area (Å²) in [5.41, 5.74) is 0. The largest absolute Gasteiger partial charge is 0.479 e. The van der Waals surface area contributed by atoms with Crippen LogP contribution in [0.15, 0.2) is 5.16 Å². The molecule has 17 heavy (non-hydrogen) atoms. The SMILES string of the molecule is CC(C=NOCC(=O)O)C(O)C(C)C(O)CO. The molecule has 4 atom stereocenters. The zero-order valence-corrected chi connectivity index (χ0v) is 9.85. The van der Waals surface area contributed by atoms with Crippen LogP contribution in [0.4, 0.5) is 0 Å². The van der Waals surface area contributed by atoms with E-state index in [1.165, 1.54) is 6.21 Å². The summed E-state index contributed by atoms with van der Waals surface area (Å²) in [7, 11) is 0. The predicted octanol–water partition coefficient (Wildman–Crippen LogP) is -0.940. The maximum atomic E-state index is 10.1. The molecule has 0 heterocycles. The fraction of sp³-hybridized carbons (Fsp3) is 0.800. The van der Waals surface area contributed by atoms with E-state index in [2.05, 4.69) is 9.99 Å². The van der Waals surface area contributed by atoms with Gasteiger partial charge in [0.05, 0.1) is 18.8 Å². The summed E-state index contributed by atoms with van der Waals surface area (Å²) in [4.78, 5) is 14.5. The minimum absolute atomic E-state index is 0.431. The second-order valence-corrected chi connectivity index (χ2v) is 3.88. The normalized spacial score (nSPS) is 18.6. The summed E-state index contributed by atoms with van der Waals surface area (Å²) in [6, 6.07) is 0. The number of nitrogens with zero attached hydrogens (tertiary/aromatic N) is 1. The molecule has 0 saturated carbocycles. The summed E-state index contributed by atoms with van der Waals surface area (Å²) >= 11 is 0. The van der Waals surface area contributed by atoms with Crippen LogP contribution in [0.3, 0.4) is 0 Å². The van der Waals surface area contributed by atoms with Crippen molar-refractivity contribution < 1.29 is 30.1 Å². The lowest BCUT2D eigenvalue weighted by Crippen LogP contribution is -2.36. The van der Waals surface area contributed by atoms with Gasteiger partial charge >= 0.3 is 5.97 Å². The number of aliphatic carboxylic acids is 1. The predicted molar refractivity (Wildman–Crippen MR) is 59.5 cm³/mol. The monoisotopic (exact) mass is 249 g/mol. The van der Waals surface area contributed by atoms with Crippen LogP contribution in [-0.2, 0) is 9.63 Å². The molecule has 0 rings (SSSR count). The van der Waals surface area contributed by atoms with Crippen molar-refractivity contribution in [2.24, 2.45) is 17.0 Å². The third kappa shape index (κ3) is 6.20. The molecule has 4 unspecified atom stereocenters. The Morgan fingerprint density at radius 2 is 2.00 bits per heavy atom. The second-order valence-electron chi connectivity index (χ2n) is 3.88. The molecule has 0 aliphatic carbocycles. The molecular formula is C10H19NO6. The fourth-order valence-electron chi connectivity index (χ4n) is 1.19. The summed E-state index contributed by atoms with van der Waals surface area (Å²) in [6.07, 6.45) is -0.663. The van der Waals surface area contributed by atoms with E-state index in [1.54, 1.807) is 13.8 Å².